The Morgan fingerprint density at radius 3 is 2.44 bits per heavy atom. The van der Waals surface area contributed by atoms with E-state index < -0.39 is 0 Å². The Labute approximate surface area is 236 Å². The van der Waals surface area contributed by atoms with Crippen molar-refractivity contribution in [1.82, 2.24) is 14.7 Å². The SMILES string of the molecule is CCN1C(=O)/C(=C/c2cn(-c3ccccc3)nc2-c2ccc(OCc3cccc4ccccc34)cc2)SC1=S. The van der Waals surface area contributed by atoms with Gasteiger partial charge in [-0.15, -0.1) is 0 Å². The second-order valence-electron chi connectivity index (χ2n) is 9.09. The van der Waals surface area contributed by atoms with E-state index >= 15 is 0 Å². The summed E-state index contributed by atoms with van der Waals surface area (Å²) >= 11 is 6.74. The number of thiocarbonyl (C=S) groups is 1. The third kappa shape index (κ3) is 5.11. The number of hydrogen-bond donors (Lipinski definition) is 0. The second kappa shape index (κ2) is 10.9. The lowest BCUT2D eigenvalue weighted by molar-refractivity contribution is -0.121. The van der Waals surface area contributed by atoms with E-state index in [0.717, 1.165) is 33.8 Å². The topological polar surface area (TPSA) is 47.4 Å². The van der Waals surface area contributed by atoms with Gasteiger partial charge in [-0.05, 0) is 65.7 Å². The molecule has 5 aromatic rings. The van der Waals surface area contributed by atoms with Gasteiger partial charge in [0.15, 0.2) is 0 Å². The predicted molar refractivity (Wildman–Crippen MR) is 163 cm³/mol. The summed E-state index contributed by atoms with van der Waals surface area (Å²) in [6, 6.07) is 32.5. The van der Waals surface area contributed by atoms with E-state index in [-0.39, 0.29) is 5.91 Å². The minimum atomic E-state index is -0.0666. The van der Waals surface area contributed by atoms with Crippen LogP contribution < -0.4 is 4.74 Å². The minimum absolute atomic E-state index is 0.0666. The number of aromatic nitrogens is 2. The van der Waals surface area contributed by atoms with Gasteiger partial charge in [0, 0.05) is 23.9 Å². The molecule has 1 fully saturated rings. The monoisotopic (exact) mass is 547 g/mol. The van der Waals surface area contributed by atoms with Crippen LogP contribution in [-0.4, -0.2) is 31.5 Å². The molecule has 192 valence electrons. The molecule has 6 rings (SSSR count). The number of fused-ring (bicyclic) bond motifs is 1. The van der Waals surface area contributed by atoms with Crippen molar-refractivity contribution in [2.45, 2.75) is 13.5 Å². The fourth-order valence-electron chi connectivity index (χ4n) is 4.63. The van der Waals surface area contributed by atoms with Crippen molar-refractivity contribution >= 4 is 51.1 Å². The van der Waals surface area contributed by atoms with Crippen molar-refractivity contribution in [2.75, 3.05) is 6.54 Å². The lowest BCUT2D eigenvalue weighted by Crippen LogP contribution is -2.27. The molecule has 0 saturated carbocycles. The van der Waals surface area contributed by atoms with Crippen LogP contribution in [0.4, 0.5) is 0 Å². The summed E-state index contributed by atoms with van der Waals surface area (Å²) in [4.78, 5) is 15.1. The zero-order valence-corrected chi connectivity index (χ0v) is 22.9. The lowest BCUT2D eigenvalue weighted by atomic mass is 10.1. The minimum Gasteiger partial charge on any atom is -0.489 e. The highest BCUT2D eigenvalue weighted by Gasteiger charge is 2.31. The van der Waals surface area contributed by atoms with E-state index in [0.29, 0.717) is 22.4 Å². The van der Waals surface area contributed by atoms with E-state index in [2.05, 4.69) is 30.3 Å². The number of carbonyl (C=O) groups excluding carboxylic acids is 1. The van der Waals surface area contributed by atoms with Crippen LogP contribution in [0.15, 0.2) is 108 Å². The number of benzene rings is 4. The molecule has 39 heavy (non-hydrogen) atoms. The highest BCUT2D eigenvalue weighted by atomic mass is 32.2. The third-order valence-electron chi connectivity index (χ3n) is 6.64. The maximum Gasteiger partial charge on any atom is 0.266 e. The molecular weight excluding hydrogens is 523 g/mol. The van der Waals surface area contributed by atoms with Crippen LogP contribution >= 0.6 is 24.0 Å². The zero-order chi connectivity index (χ0) is 26.8. The van der Waals surface area contributed by atoms with Crippen LogP contribution in [0.25, 0.3) is 33.8 Å². The number of rotatable bonds is 7. The Bertz CT molecular complexity index is 1700. The molecular formula is C32H25N3O2S2. The summed E-state index contributed by atoms with van der Waals surface area (Å²) in [5.41, 5.74) is 4.64. The standard InChI is InChI=1S/C32H25N3O2S2/c1-2-34-31(36)29(39-32(34)38)19-25-20-35(26-12-4-3-5-13-26)33-30(25)23-15-17-27(18-16-23)37-21-24-11-8-10-22-9-6-7-14-28(22)24/h3-20H,2,21H2,1H3/b29-19-. The van der Waals surface area contributed by atoms with Gasteiger partial charge >= 0.3 is 0 Å². The van der Waals surface area contributed by atoms with Gasteiger partial charge in [-0.25, -0.2) is 4.68 Å². The molecule has 0 N–H and O–H groups in total. The van der Waals surface area contributed by atoms with E-state index in [1.54, 1.807) is 4.90 Å². The number of amides is 1. The Morgan fingerprint density at radius 2 is 1.67 bits per heavy atom. The van der Waals surface area contributed by atoms with E-state index in [1.165, 1.54) is 22.5 Å². The smallest absolute Gasteiger partial charge is 0.266 e. The number of nitrogens with zero attached hydrogens (tertiary/aromatic N) is 3. The number of para-hydroxylation sites is 1. The summed E-state index contributed by atoms with van der Waals surface area (Å²) in [7, 11) is 0. The summed E-state index contributed by atoms with van der Waals surface area (Å²) < 4.78 is 8.57. The maximum absolute atomic E-state index is 12.9. The molecule has 1 amide bonds. The van der Waals surface area contributed by atoms with Gasteiger partial charge in [0.25, 0.3) is 5.91 Å². The number of likely N-dealkylation sites (N-methyl/N-ethyl adjacent to an activating group) is 1. The normalized spacial score (nSPS) is 14.5. The van der Waals surface area contributed by atoms with Crippen molar-refractivity contribution in [2.24, 2.45) is 0 Å². The van der Waals surface area contributed by atoms with Gasteiger partial charge in [-0.3, -0.25) is 9.69 Å². The molecule has 0 radical (unpaired) electrons. The van der Waals surface area contributed by atoms with Crippen LogP contribution in [0, 0.1) is 0 Å². The first kappa shape index (κ1) is 25.1. The molecule has 0 spiro atoms. The van der Waals surface area contributed by atoms with Crippen LogP contribution in [0.5, 0.6) is 5.75 Å². The molecule has 1 aliphatic heterocycles. The Morgan fingerprint density at radius 1 is 0.923 bits per heavy atom. The first-order valence-electron chi connectivity index (χ1n) is 12.7. The number of hydrogen-bond acceptors (Lipinski definition) is 5. The highest BCUT2D eigenvalue weighted by molar-refractivity contribution is 8.26. The first-order chi connectivity index (χ1) is 19.1. The van der Waals surface area contributed by atoms with Crippen LogP contribution in [-0.2, 0) is 11.4 Å². The summed E-state index contributed by atoms with van der Waals surface area (Å²) in [5.74, 6) is 0.711. The molecule has 1 saturated heterocycles. The van der Waals surface area contributed by atoms with Crippen molar-refractivity contribution in [3.05, 3.63) is 119 Å². The maximum atomic E-state index is 12.9. The van der Waals surface area contributed by atoms with Crippen LogP contribution in [0.1, 0.15) is 18.1 Å². The van der Waals surface area contributed by atoms with E-state index in [4.69, 9.17) is 22.1 Å². The predicted octanol–water partition coefficient (Wildman–Crippen LogP) is 7.49. The molecule has 0 bridgehead atoms. The van der Waals surface area contributed by atoms with Crippen LogP contribution in [0.2, 0.25) is 0 Å². The Balaban J connectivity index is 1.30. The fourth-order valence-corrected chi connectivity index (χ4v) is 6.01. The van der Waals surface area contributed by atoms with Gasteiger partial charge < -0.3 is 4.74 Å². The van der Waals surface area contributed by atoms with Crippen molar-refractivity contribution in [3.63, 3.8) is 0 Å². The zero-order valence-electron chi connectivity index (χ0n) is 21.3. The van der Waals surface area contributed by atoms with E-state index in [1.807, 2.05) is 90.6 Å². The second-order valence-corrected chi connectivity index (χ2v) is 10.8. The van der Waals surface area contributed by atoms with Gasteiger partial charge in [-0.1, -0.05) is 84.6 Å². The Hall–Kier alpha value is -4.20. The highest BCUT2D eigenvalue weighted by Crippen LogP contribution is 2.35. The van der Waals surface area contributed by atoms with Gasteiger partial charge in [0.2, 0.25) is 0 Å². The summed E-state index contributed by atoms with van der Waals surface area (Å²) in [6.07, 6.45) is 3.84. The van der Waals surface area contributed by atoms with E-state index in [9.17, 15) is 4.79 Å². The van der Waals surface area contributed by atoms with Gasteiger partial charge in [0.05, 0.1) is 16.3 Å². The molecule has 4 aromatic carbocycles. The fraction of sp³-hybridized carbons (Fsp3) is 0.0938. The summed E-state index contributed by atoms with van der Waals surface area (Å²) in [6.45, 7) is 2.96. The number of carbonyl (C=O) groups is 1. The van der Waals surface area contributed by atoms with Gasteiger partial charge in [0.1, 0.15) is 16.7 Å². The molecule has 2 heterocycles. The molecule has 0 unspecified atom stereocenters. The van der Waals surface area contributed by atoms with Crippen molar-refractivity contribution < 1.29 is 9.53 Å². The van der Waals surface area contributed by atoms with Gasteiger partial charge in [-0.2, -0.15) is 5.10 Å². The average molecular weight is 548 g/mol. The summed E-state index contributed by atoms with van der Waals surface area (Å²) in [5, 5.41) is 7.29. The lowest BCUT2D eigenvalue weighted by Gasteiger charge is -2.10. The number of ether oxygens (including phenoxy) is 1. The quantitative estimate of drug-likeness (QED) is 0.156. The molecule has 7 heteroatoms. The molecule has 0 aliphatic carbocycles. The average Bonchev–Trinajstić information content (AvgIpc) is 3.52. The van der Waals surface area contributed by atoms with Crippen molar-refractivity contribution in [3.8, 4) is 22.7 Å². The number of thioether (sulfide) groups is 1. The molecule has 0 atom stereocenters. The first-order valence-corrected chi connectivity index (χ1v) is 13.9. The third-order valence-corrected chi connectivity index (χ3v) is 8.02. The Kier molecular flexibility index (Phi) is 7.00. The molecule has 1 aliphatic rings. The van der Waals surface area contributed by atoms with Crippen LogP contribution in [0.3, 0.4) is 0 Å². The van der Waals surface area contributed by atoms with Crippen molar-refractivity contribution in [1.29, 1.82) is 0 Å². The largest absolute Gasteiger partial charge is 0.489 e. The molecule has 5 nitrogen and oxygen atoms in total. The molecule has 1 aromatic heterocycles.